The number of piperazine rings is 1. The number of aliphatic hydroxyl groups excluding tert-OH is 2. The summed E-state index contributed by atoms with van der Waals surface area (Å²) in [5, 5.41) is 23.3. The van der Waals surface area contributed by atoms with Crippen molar-refractivity contribution < 1.29 is 24.1 Å². The summed E-state index contributed by atoms with van der Waals surface area (Å²) >= 11 is 6.65. The summed E-state index contributed by atoms with van der Waals surface area (Å²) in [5.74, 6) is -0.914. The molecule has 3 aliphatic heterocycles. The smallest absolute Gasteiger partial charge is 0.318 e. The van der Waals surface area contributed by atoms with Crippen LogP contribution in [0.5, 0.6) is 6.01 Å². The molecule has 1 amide bonds. The molecule has 0 radical (unpaired) electrons. The van der Waals surface area contributed by atoms with Gasteiger partial charge in [-0.2, -0.15) is 9.97 Å². The molecule has 0 bridgehead atoms. The second kappa shape index (κ2) is 11.6. The van der Waals surface area contributed by atoms with Gasteiger partial charge in [0.15, 0.2) is 5.83 Å². The molecule has 4 heterocycles. The zero-order valence-electron chi connectivity index (χ0n) is 23.4. The Kier molecular flexibility index (Phi) is 7.93. The molecule has 3 aliphatic rings. The third-order valence-corrected chi connectivity index (χ3v) is 8.88. The van der Waals surface area contributed by atoms with Gasteiger partial charge in [-0.1, -0.05) is 42.4 Å². The van der Waals surface area contributed by atoms with Gasteiger partial charge < -0.3 is 29.6 Å². The number of halogens is 2. The van der Waals surface area contributed by atoms with Gasteiger partial charge in [-0.3, -0.25) is 9.69 Å². The van der Waals surface area contributed by atoms with Gasteiger partial charge in [0.1, 0.15) is 18.7 Å². The second-order valence-electron chi connectivity index (χ2n) is 11.1. The summed E-state index contributed by atoms with van der Waals surface area (Å²) < 4.78 is 19.6. The molecule has 2 saturated heterocycles. The zero-order chi connectivity index (χ0) is 29.5. The molecule has 6 rings (SSSR count). The van der Waals surface area contributed by atoms with Gasteiger partial charge in [0.25, 0.3) is 5.91 Å². The highest BCUT2D eigenvalue weighted by Crippen LogP contribution is 2.37. The van der Waals surface area contributed by atoms with Crippen molar-refractivity contribution in [2.45, 2.75) is 37.8 Å². The van der Waals surface area contributed by atoms with Crippen molar-refractivity contribution in [3.05, 3.63) is 65.1 Å². The fourth-order valence-electron chi connectivity index (χ4n) is 6.17. The lowest BCUT2D eigenvalue weighted by Gasteiger charge is -2.38. The maximum absolute atomic E-state index is 13.5. The van der Waals surface area contributed by atoms with Crippen LogP contribution in [0, 0.1) is 0 Å². The second-order valence-corrected chi connectivity index (χ2v) is 11.5. The number of carbonyl (C=O) groups excluding carboxylic acids is 1. The average molecular weight is 597 g/mol. The minimum Gasteiger partial charge on any atom is -0.462 e. The first kappa shape index (κ1) is 28.6. The van der Waals surface area contributed by atoms with E-state index in [4.69, 9.17) is 26.3 Å². The normalized spacial score (nSPS) is 22.9. The van der Waals surface area contributed by atoms with Crippen LogP contribution in [-0.4, -0.2) is 101 Å². The van der Waals surface area contributed by atoms with Crippen molar-refractivity contribution in [3.63, 3.8) is 0 Å². The molecule has 0 spiro atoms. The van der Waals surface area contributed by atoms with Crippen LogP contribution < -0.4 is 14.5 Å². The Morgan fingerprint density at radius 1 is 1.10 bits per heavy atom. The number of amides is 1. The number of nitrogens with zero attached hydrogens (tertiary/aromatic N) is 6. The van der Waals surface area contributed by atoms with Crippen molar-refractivity contribution in [3.8, 4) is 6.01 Å². The standard InChI is InChI=1S/C30H34ClFN6O4/c1-18(32)29(41)37-13-11-36(12-14-37)28-20-9-10-38(23-8-4-6-19-5-3-7-21(31)27(19)23)16-22(20)33-30(34-28)42-17-24-25(39)15-26(40)35(24)2/h3-8,24-26,39-40H,1,9-17H2,2H3/t24-,25-,26?/m1/s1. The SMILES string of the molecule is C=C(F)C(=O)N1CCN(c2nc(OC[C@@H]3[C@H](O)CC(O)N3C)nc3c2CCN(c2cccc4cccc(Cl)c24)C3)CC1. The molecule has 10 nitrogen and oxygen atoms in total. The molecule has 2 aromatic carbocycles. The van der Waals surface area contributed by atoms with Crippen LogP contribution in [0.2, 0.25) is 5.02 Å². The highest BCUT2D eigenvalue weighted by molar-refractivity contribution is 6.36. The predicted octanol–water partition coefficient (Wildman–Crippen LogP) is 2.74. The van der Waals surface area contributed by atoms with Crippen molar-refractivity contribution in [2.75, 3.05) is 56.2 Å². The van der Waals surface area contributed by atoms with E-state index >= 15 is 0 Å². The number of likely N-dealkylation sites (N-methyl/N-ethyl adjacent to an activating group) is 1. The molecule has 2 fully saturated rings. The van der Waals surface area contributed by atoms with E-state index < -0.39 is 30.1 Å². The average Bonchev–Trinajstić information content (AvgIpc) is 3.24. The number of ether oxygens (including phenoxy) is 1. The van der Waals surface area contributed by atoms with E-state index in [-0.39, 0.29) is 19.0 Å². The van der Waals surface area contributed by atoms with Crippen LogP contribution in [-0.2, 0) is 17.8 Å². The molecule has 0 saturated carbocycles. The van der Waals surface area contributed by atoms with Crippen LogP contribution in [0.25, 0.3) is 10.8 Å². The first-order valence-electron chi connectivity index (χ1n) is 14.1. The van der Waals surface area contributed by atoms with Crippen molar-refractivity contribution in [1.82, 2.24) is 19.8 Å². The summed E-state index contributed by atoms with van der Waals surface area (Å²) in [6.07, 6.45) is -0.543. The Bertz CT molecular complexity index is 1510. The molecule has 42 heavy (non-hydrogen) atoms. The summed E-state index contributed by atoms with van der Waals surface area (Å²) in [7, 11) is 1.74. The number of likely N-dealkylation sites (tertiary alicyclic amines) is 1. The number of benzene rings is 2. The zero-order valence-corrected chi connectivity index (χ0v) is 24.2. The van der Waals surface area contributed by atoms with Crippen LogP contribution in [0.4, 0.5) is 15.9 Å². The molecule has 3 aromatic rings. The van der Waals surface area contributed by atoms with E-state index in [1.807, 2.05) is 30.3 Å². The minimum absolute atomic E-state index is 0.108. The Balaban J connectivity index is 1.31. The van der Waals surface area contributed by atoms with Crippen LogP contribution in [0.1, 0.15) is 17.7 Å². The van der Waals surface area contributed by atoms with E-state index in [9.17, 15) is 19.4 Å². The molecule has 3 atom stereocenters. The summed E-state index contributed by atoms with van der Waals surface area (Å²) in [6, 6.07) is 11.8. The lowest BCUT2D eigenvalue weighted by atomic mass is 10.0. The van der Waals surface area contributed by atoms with Crippen molar-refractivity contribution in [2.24, 2.45) is 0 Å². The van der Waals surface area contributed by atoms with Crippen molar-refractivity contribution in [1.29, 1.82) is 0 Å². The fourth-order valence-corrected chi connectivity index (χ4v) is 6.45. The quantitative estimate of drug-likeness (QED) is 0.416. The van der Waals surface area contributed by atoms with Gasteiger partial charge in [0.2, 0.25) is 0 Å². The highest BCUT2D eigenvalue weighted by atomic mass is 35.5. The molecule has 1 aromatic heterocycles. The van der Waals surface area contributed by atoms with Crippen molar-refractivity contribution >= 4 is 39.8 Å². The number of anilines is 2. The third-order valence-electron chi connectivity index (χ3n) is 8.57. The Morgan fingerprint density at radius 2 is 1.83 bits per heavy atom. The van der Waals surface area contributed by atoms with Gasteiger partial charge >= 0.3 is 6.01 Å². The molecular weight excluding hydrogens is 563 g/mol. The predicted molar refractivity (Wildman–Crippen MR) is 158 cm³/mol. The lowest BCUT2D eigenvalue weighted by Crippen LogP contribution is -2.49. The van der Waals surface area contributed by atoms with Gasteiger partial charge in [0.05, 0.1) is 29.4 Å². The number of aliphatic hydroxyl groups is 2. The highest BCUT2D eigenvalue weighted by Gasteiger charge is 2.38. The largest absolute Gasteiger partial charge is 0.462 e. The maximum atomic E-state index is 13.5. The molecule has 1 unspecified atom stereocenters. The number of rotatable bonds is 6. The Hall–Kier alpha value is -3.51. The Labute approximate surface area is 248 Å². The fraction of sp³-hybridized carbons (Fsp3) is 0.433. The number of hydrogen-bond acceptors (Lipinski definition) is 9. The number of carbonyl (C=O) groups is 1. The van der Waals surface area contributed by atoms with E-state index in [1.165, 1.54) is 4.90 Å². The molecular formula is C30H34ClFN6O4. The maximum Gasteiger partial charge on any atom is 0.318 e. The summed E-state index contributed by atoms with van der Waals surface area (Å²) in [6.45, 7) is 6.12. The Morgan fingerprint density at radius 3 is 2.52 bits per heavy atom. The minimum atomic E-state index is -0.962. The van der Waals surface area contributed by atoms with Gasteiger partial charge in [0, 0.05) is 55.8 Å². The monoisotopic (exact) mass is 596 g/mol. The van der Waals surface area contributed by atoms with Gasteiger partial charge in [-0.15, -0.1) is 0 Å². The molecule has 0 aliphatic carbocycles. The van der Waals surface area contributed by atoms with E-state index in [0.29, 0.717) is 44.2 Å². The number of hydrogen-bond donors (Lipinski definition) is 2. The number of aromatic nitrogens is 2. The third kappa shape index (κ3) is 5.37. The van der Waals surface area contributed by atoms with Crippen LogP contribution >= 0.6 is 11.6 Å². The summed E-state index contributed by atoms with van der Waals surface area (Å²) in [4.78, 5) is 29.2. The van der Waals surface area contributed by atoms with E-state index in [1.54, 1.807) is 11.9 Å². The van der Waals surface area contributed by atoms with Crippen LogP contribution in [0.15, 0.2) is 48.8 Å². The first-order valence-corrected chi connectivity index (χ1v) is 14.5. The van der Waals surface area contributed by atoms with E-state index in [0.717, 1.165) is 40.1 Å². The summed E-state index contributed by atoms with van der Waals surface area (Å²) in [5.41, 5.74) is 2.85. The van der Waals surface area contributed by atoms with Crippen LogP contribution in [0.3, 0.4) is 0 Å². The molecule has 222 valence electrons. The molecule has 12 heteroatoms. The van der Waals surface area contributed by atoms with Gasteiger partial charge in [-0.25, -0.2) is 4.39 Å². The number of fused-ring (bicyclic) bond motifs is 2. The topological polar surface area (TPSA) is 106 Å². The molecule has 2 N–H and O–H groups in total. The lowest BCUT2D eigenvalue weighted by molar-refractivity contribution is -0.128. The van der Waals surface area contributed by atoms with E-state index in [2.05, 4.69) is 22.4 Å². The first-order chi connectivity index (χ1) is 20.2. The van der Waals surface area contributed by atoms with Gasteiger partial charge in [-0.05, 0) is 31.0 Å².